The predicted molar refractivity (Wildman–Crippen MR) is 101 cm³/mol. The third-order valence-electron chi connectivity index (χ3n) is 4.91. The number of rotatable bonds is 5. The maximum atomic E-state index is 13.0. The maximum absolute atomic E-state index is 13.0. The summed E-state index contributed by atoms with van der Waals surface area (Å²) in [7, 11) is 1.61. The van der Waals surface area contributed by atoms with E-state index < -0.39 is 5.54 Å². The summed E-state index contributed by atoms with van der Waals surface area (Å²) in [4.78, 5) is 31.3. The Bertz CT molecular complexity index is 840. The molecule has 0 fully saturated rings. The van der Waals surface area contributed by atoms with Gasteiger partial charge in [0.15, 0.2) is 11.5 Å². The first-order chi connectivity index (χ1) is 13.0. The Morgan fingerprint density at radius 1 is 1.19 bits per heavy atom. The van der Waals surface area contributed by atoms with Gasteiger partial charge in [0.05, 0.1) is 0 Å². The van der Waals surface area contributed by atoms with Gasteiger partial charge in [0, 0.05) is 25.0 Å². The van der Waals surface area contributed by atoms with Crippen LogP contribution in [0.4, 0.5) is 5.69 Å². The Morgan fingerprint density at radius 2 is 1.93 bits per heavy atom. The first-order valence-corrected chi connectivity index (χ1v) is 8.86. The van der Waals surface area contributed by atoms with Crippen LogP contribution in [-0.2, 0) is 4.79 Å². The Balaban J connectivity index is 1.79. The van der Waals surface area contributed by atoms with Gasteiger partial charge < -0.3 is 19.7 Å². The lowest BCUT2D eigenvalue weighted by atomic mass is 9.94. The van der Waals surface area contributed by atoms with E-state index in [2.05, 4.69) is 10.3 Å². The van der Waals surface area contributed by atoms with Crippen molar-refractivity contribution >= 4 is 17.5 Å². The molecule has 7 nitrogen and oxygen atoms in total. The number of nitrogens with one attached hydrogen (secondary N) is 1. The fraction of sp³-hybridized carbons (Fsp3) is 0.350. The topological polar surface area (TPSA) is 80.8 Å². The summed E-state index contributed by atoms with van der Waals surface area (Å²) in [6, 6.07) is 10.4. The highest BCUT2D eigenvalue weighted by Crippen LogP contribution is 2.33. The van der Waals surface area contributed by atoms with Crippen molar-refractivity contribution in [2.45, 2.75) is 25.8 Å². The molecule has 1 aromatic heterocycles. The van der Waals surface area contributed by atoms with E-state index in [1.807, 2.05) is 6.92 Å². The van der Waals surface area contributed by atoms with Crippen LogP contribution in [0.5, 0.6) is 11.5 Å². The first-order valence-electron chi connectivity index (χ1n) is 8.86. The van der Waals surface area contributed by atoms with Crippen LogP contribution in [0.25, 0.3) is 0 Å². The Hall–Kier alpha value is -3.09. The van der Waals surface area contributed by atoms with Crippen LogP contribution in [0.1, 0.15) is 30.8 Å². The van der Waals surface area contributed by atoms with Crippen molar-refractivity contribution in [3.05, 3.63) is 48.3 Å². The number of carbonyl (C=O) groups excluding carboxylic acids is 2. The molecule has 1 aromatic carbocycles. The molecule has 2 amide bonds. The number of pyridine rings is 1. The van der Waals surface area contributed by atoms with Gasteiger partial charge in [0.1, 0.15) is 24.4 Å². The number of aromatic nitrogens is 1. The summed E-state index contributed by atoms with van der Waals surface area (Å²) < 4.78 is 11.0. The molecule has 0 saturated heterocycles. The summed E-state index contributed by atoms with van der Waals surface area (Å²) in [5.41, 5.74) is -0.156. The van der Waals surface area contributed by atoms with Gasteiger partial charge in [-0.2, -0.15) is 0 Å². The van der Waals surface area contributed by atoms with Crippen molar-refractivity contribution in [3.63, 3.8) is 0 Å². The minimum absolute atomic E-state index is 0.284. The summed E-state index contributed by atoms with van der Waals surface area (Å²) in [5.74, 6) is 0.654. The number of carbonyl (C=O) groups is 2. The lowest BCUT2D eigenvalue weighted by molar-refractivity contribution is -0.125. The molecule has 0 bridgehead atoms. The van der Waals surface area contributed by atoms with Gasteiger partial charge in [0.2, 0.25) is 5.91 Å². The summed E-state index contributed by atoms with van der Waals surface area (Å²) >= 11 is 0. The summed E-state index contributed by atoms with van der Waals surface area (Å²) in [5, 5.41) is 2.88. The summed E-state index contributed by atoms with van der Waals surface area (Å²) in [6.07, 6.45) is 2.00. The van der Waals surface area contributed by atoms with Gasteiger partial charge in [0.25, 0.3) is 5.91 Å². The van der Waals surface area contributed by atoms with Gasteiger partial charge in [-0.15, -0.1) is 0 Å². The number of likely N-dealkylation sites (N-methyl/N-ethyl adjacent to an activating group) is 1. The zero-order valence-electron chi connectivity index (χ0n) is 15.7. The van der Waals surface area contributed by atoms with Crippen molar-refractivity contribution in [2.75, 3.05) is 25.6 Å². The van der Waals surface area contributed by atoms with Gasteiger partial charge >= 0.3 is 0 Å². The molecule has 142 valence electrons. The van der Waals surface area contributed by atoms with Crippen LogP contribution in [-0.4, -0.2) is 47.5 Å². The summed E-state index contributed by atoms with van der Waals surface area (Å²) in [6.45, 7) is 4.58. The van der Waals surface area contributed by atoms with E-state index in [0.29, 0.717) is 42.5 Å². The second-order valence-corrected chi connectivity index (χ2v) is 6.52. The minimum atomic E-state index is -1.04. The van der Waals surface area contributed by atoms with Crippen LogP contribution < -0.4 is 14.8 Å². The maximum Gasteiger partial charge on any atom is 0.273 e. The molecule has 0 radical (unpaired) electrons. The molecule has 0 aliphatic carbocycles. The van der Waals surface area contributed by atoms with Gasteiger partial charge in [-0.05, 0) is 37.6 Å². The van der Waals surface area contributed by atoms with Crippen LogP contribution in [0.3, 0.4) is 0 Å². The Labute approximate surface area is 158 Å². The molecule has 2 heterocycles. The van der Waals surface area contributed by atoms with Gasteiger partial charge in [-0.3, -0.25) is 14.6 Å². The number of hydrogen-bond acceptors (Lipinski definition) is 5. The minimum Gasteiger partial charge on any atom is -0.486 e. The molecule has 1 unspecified atom stereocenters. The molecule has 1 atom stereocenters. The van der Waals surface area contributed by atoms with E-state index in [1.165, 1.54) is 4.90 Å². The molecule has 1 aliphatic heterocycles. The Kier molecular flexibility index (Phi) is 5.30. The highest BCUT2D eigenvalue weighted by molar-refractivity contribution is 6.02. The molecule has 0 spiro atoms. The van der Waals surface area contributed by atoms with Crippen LogP contribution in [0.2, 0.25) is 0 Å². The fourth-order valence-electron chi connectivity index (χ4n) is 2.82. The fourth-order valence-corrected chi connectivity index (χ4v) is 2.82. The molecule has 1 aliphatic rings. The third kappa shape index (κ3) is 3.72. The van der Waals surface area contributed by atoms with E-state index in [4.69, 9.17) is 9.47 Å². The van der Waals surface area contributed by atoms with Crippen molar-refractivity contribution in [3.8, 4) is 11.5 Å². The second-order valence-electron chi connectivity index (χ2n) is 6.52. The normalized spacial score (nSPS) is 14.8. The second kappa shape index (κ2) is 7.65. The first kappa shape index (κ1) is 18.7. The predicted octanol–water partition coefficient (Wildman–Crippen LogP) is 2.73. The molecular formula is C20H23N3O4. The number of ether oxygens (including phenoxy) is 2. The zero-order valence-corrected chi connectivity index (χ0v) is 15.7. The van der Waals surface area contributed by atoms with E-state index in [0.717, 1.165) is 0 Å². The van der Waals surface area contributed by atoms with Crippen molar-refractivity contribution in [1.82, 2.24) is 9.88 Å². The number of amides is 2. The number of nitrogens with zero attached hydrogens (tertiary/aromatic N) is 2. The van der Waals surface area contributed by atoms with Crippen molar-refractivity contribution in [1.29, 1.82) is 0 Å². The third-order valence-corrected chi connectivity index (χ3v) is 4.91. The van der Waals surface area contributed by atoms with Crippen molar-refractivity contribution in [2.24, 2.45) is 0 Å². The number of fused-ring (bicyclic) bond motifs is 1. The smallest absolute Gasteiger partial charge is 0.273 e. The SMILES string of the molecule is CCC(C)(C(=O)Nc1ccc2c(c1)OCCO2)N(C)C(=O)c1ccccn1. The number of benzene rings is 1. The van der Waals surface area contributed by atoms with E-state index in [9.17, 15) is 9.59 Å². The largest absolute Gasteiger partial charge is 0.486 e. The molecule has 7 heteroatoms. The van der Waals surface area contributed by atoms with E-state index in [1.54, 1.807) is 56.6 Å². The van der Waals surface area contributed by atoms with Gasteiger partial charge in [-0.25, -0.2) is 0 Å². The van der Waals surface area contributed by atoms with E-state index >= 15 is 0 Å². The molecule has 0 saturated carbocycles. The van der Waals surface area contributed by atoms with Crippen molar-refractivity contribution < 1.29 is 19.1 Å². The lowest BCUT2D eigenvalue weighted by Crippen LogP contribution is -2.55. The molecule has 1 N–H and O–H groups in total. The highest BCUT2D eigenvalue weighted by Gasteiger charge is 2.39. The average Bonchev–Trinajstić information content (AvgIpc) is 2.72. The van der Waals surface area contributed by atoms with Crippen LogP contribution in [0, 0.1) is 0 Å². The average molecular weight is 369 g/mol. The Morgan fingerprint density at radius 3 is 2.59 bits per heavy atom. The highest BCUT2D eigenvalue weighted by atomic mass is 16.6. The van der Waals surface area contributed by atoms with Gasteiger partial charge in [-0.1, -0.05) is 13.0 Å². The quantitative estimate of drug-likeness (QED) is 0.876. The monoisotopic (exact) mass is 369 g/mol. The van der Waals surface area contributed by atoms with Crippen LogP contribution >= 0.6 is 0 Å². The van der Waals surface area contributed by atoms with Crippen LogP contribution in [0.15, 0.2) is 42.6 Å². The lowest BCUT2D eigenvalue weighted by Gasteiger charge is -2.36. The number of hydrogen-bond donors (Lipinski definition) is 1. The molecular weight excluding hydrogens is 346 g/mol. The van der Waals surface area contributed by atoms with E-state index in [-0.39, 0.29) is 11.8 Å². The molecule has 27 heavy (non-hydrogen) atoms. The standard InChI is InChI=1S/C20H23N3O4/c1-4-20(2,23(3)18(24)15-7-5-6-10-21-15)19(25)22-14-8-9-16-17(13-14)27-12-11-26-16/h5-10,13H,4,11-12H2,1-3H3,(H,22,25). The molecule has 2 aromatic rings. The molecule has 3 rings (SSSR count). The number of anilines is 1. The zero-order chi connectivity index (χ0) is 19.4.